The van der Waals surface area contributed by atoms with Gasteiger partial charge in [0.2, 0.25) is 5.78 Å². The fourth-order valence-corrected chi connectivity index (χ4v) is 4.26. The number of nitrogens with one attached hydrogen (secondary N) is 1. The van der Waals surface area contributed by atoms with Crippen LogP contribution in [-0.4, -0.2) is 33.6 Å². The molecule has 4 nitrogen and oxygen atoms in total. The van der Waals surface area contributed by atoms with Gasteiger partial charge in [-0.2, -0.15) is 0 Å². The van der Waals surface area contributed by atoms with Crippen LogP contribution in [0.1, 0.15) is 52.1 Å². The molecule has 4 heteroatoms. The molecule has 0 radical (unpaired) electrons. The first-order valence-electron chi connectivity index (χ1n) is 9.84. The molecule has 1 aliphatic heterocycles. The highest BCUT2D eigenvalue weighted by Crippen LogP contribution is 2.28. The lowest BCUT2D eigenvalue weighted by molar-refractivity contribution is -0.905. The number of para-hydroxylation sites is 2. The first-order valence-corrected chi connectivity index (χ1v) is 9.84. The number of hydrogen-bond donors (Lipinski definition) is 1. The zero-order chi connectivity index (χ0) is 17.4. The van der Waals surface area contributed by atoms with E-state index in [9.17, 15) is 0 Å². The quantitative estimate of drug-likeness (QED) is 0.777. The number of imidazole rings is 2. The van der Waals surface area contributed by atoms with Crippen LogP contribution in [0.3, 0.4) is 0 Å². The van der Waals surface area contributed by atoms with Crippen molar-refractivity contribution in [3.63, 3.8) is 0 Å². The molecule has 134 valence electrons. The smallest absolute Gasteiger partial charge is 0.215 e. The Morgan fingerprint density at radius 3 is 2.60 bits per heavy atom. The third-order valence-corrected chi connectivity index (χ3v) is 5.60. The summed E-state index contributed by atoms with van der Waals surface area (Å²) in [5.74, 6) is 1.10. The van der Waals surface area contributed by atoms with Gasteiger partial charge in [0.15, 0.2) is 0 Å². The lowest BCUT2D eigenvalue weighted by atomic mass is 9.92. The minimum Gasteiger partial charge on any atom is -0.335 e. The van der Waals surface area contributed by atoms with Crippen LogP contribution in [0.15, 0.2) is 30.5 Å². The van der Waals surface area contributed by atoms with Crippen LogP contribution in [0.5, 0.6) is 0 Å². The summed E-state index contributed by atoms with van der Waals surface area (Å²) < 4.78 is 4.74. The summed E-state index contributed by atoms with van der Waals surface area (Å²) in [5, 5.41) is 0. The summed E-state index contributed by atoms with van der Waals surface area (Å²) in [4.78, 5) is 6.73. The lowest BCUT2D eigenvalue weighted by Crippen LogP contribution is -3.12. The molecule has 3 aromatic rings. The van der Waals surface area contributed by atoms with Crippen molar-refractivity contribution in [1.29, 1.82) is 0 Å². The number of aromatic nitrogens is 3. The van der Waals surface area contributed by atoms with E-state index in [0.29, 0.717) is 0 Å². The molecule has 0 unspecified atom stereocenters. The van der Waals surface area contributed by atoms with E-state index in [1.807, 2.05) is 0 Å². The molecule has 1 fully saturated rings. The van der Waals surface area contributed by atoms with Gasteiger partial charge in [-0.25, -0.2) is 4.98 Å². The van der Waals surface area contributed by atoms with Crippen LogP contribution in [0.4, 0.5) is 0 Å². The van der Waals surface area contributed by atoms with Gasteiger partial charge in [0.25, 0.3) is 0 Å². The van der Waals surface area contributed by atoms with Gasteiger partial charge in [-0.05, 0) is 31.4 Å². The highest BCUT2D eigenvalue weighted by atomic mass is 15.2. The molecule has 1 aliphatic rings. The molecular formula is C21H31N4+. The highest BCUT2D eigenvalue weighted by molar-refractivity contribution is 5.79. The molecule has 0 aliphatic carbocycles. The number of quaternary nitrogens is 1. The van der Waals surface area contributed by atoms with Crippen molar-refractivity contribution in [3.05, 3.63) is 36.2 Å². The van der Waals surface area contributed by atoms with Crippen LogP contribution >= 0.6 is 0 Å². The largest absolute Gasteiger partial charge is 0.335 e. The Balaban J connectivity index is 1.64. The second-order valence-corrected chi connectivity index (χ2v) is 8.60. The highest BCUT2D eigenvalue weighted by Gasteiger charge is 2.23. The summed E-state index contributed by atoms with van der Waals surface area (Å²) >= 11 is 0. The molecule has 4 rings (SSSR count). The molecule has 3 heterocycles. The fraction of sp³-hybridized carbons (Fsp3) is 0.571. The summed E-state index contributed by atoms with van der Waals surface area (Å²) in [7, 11) is 0. The molecule has 0 saturated carbocycles. The van der Waals surface area contributed by atoms with Crippen molar-refractivity contribution in [2.24, 2.45) is 0 Å². The van der Waals surface area contributed by atoms with E-state index in [1.165, 1.54) is 56.5 Å². The van der Waals surface area contributed by atoms with Crippen LogP contribution in [0, 0.1) is 0 Å². The van der Waals surface area contributed by atoms with Gasteiger partial charge in [0.05, 0.1) is 30.7 Å². The van der Waals surface area contributed by atoms with Gasteiger partial charge in [0, 0.05) is 30.3 Å². The van der Waals surface area contributed by atoms with Crippen molar-refractivity contribution < 1.29 is 4.90 Å². The molecule has 25 heavy (non-hydrogen) atoms. The first kappa shape index (κ1) is 16.6. The van der Waals surface area contributed by atoms with E-state index in [1.54, 1.807) is 4.90 Å². The average molecular weight is 340 g/mol. The zero-order valence-electron chi connectivity index (χ0n) is 15.9. The van der Waals surface area contributed by atoms with Crippen LogP contribution in [0.2, 0.25) is 0 Å². The minimum absolute atomic E-state index is 0.125. The number of likely N-dealkylation sites (tertiary alicyclic amines) is 1. The summed E-state index contributed by atoms with van der Waals surface area (Å²) in [6, 6.07) is 8.46. The molecule has 0 bridgehead atoms. The number of benzene rings is 1. The monoisotopic (exact) mass is 339 g/mol. The standard InChI is InChI=1S/C21H30N4/c1-21(2,3)19-16-25-18-11-6-5-10-17(18)22-20(25)24(19)15-9-14-23-12-7-4-8-13-23/h5-6,10-11,16H,4,7-9,12-15H2,1-3H3/p+1. The SMILES string of the molecule is CC(C)(C)c1cn2c3ccccc3nc2n1CCC[NH+]1CCCCC1. The number of hydrogen-bond acceptors (Lipinski definition) is 1. The zero-order valence-corrected chi connectivity index (χ0v) is 15.9. The Labute approximate surface area is 150 Å². The van der Waals surface area contributed by atoms with E-state index in [-0.39, 0.29) is 5.41 Å². The predicted molar refractivity (Wildman–Crippen MR) is 103 cm³/mol. The number of piperidine rings is 1. The van der Waals surface area contributed by atoms with Crippen LogP contribution < -0.4 is 4.90 Å². The van der Waals surface area contributed by atoms with Gasteiger partial charge in [-0.1, -0.05) is 32.9 Å². The second-order valence-electron chi connectivity index (χ2n) is 8.60. The molecule has 1 saturated heterocycles. The Hall–Kier alpha value is -1.81. The van der Waals surface area contributed by atoms with Gasteiger partial charge < -0.3 is 9.47 Å². The summed E-state index contributed by atoms with van der Waals surface area (Å²) in [5.41, 5.74) is 3.81. The third-order valence-electron chi connectivity index (χ3n) is 5.60. The van der Waals surface area contributed by atoms with Gasteiger partial charge >= 0.3 is 0 Å². The minimum atomic E-state index is 0.125. The number of fused-ring (bicyclic) bond motifs is 3. The predicted octanol–water partition coefficient (Wildman–Crippen LogP) is 3.05. The van der Waals surface area contributed by atoms with E-state index >= 15 is 0 Å². The number of rotatable bonds is 4. The van der Waals surface area contributed by atoms with E-state index in [4.69, 9.17) is 4.98 Å². The molecule has 1 N–H and O–H groups in total. The Morgan fingerprint density at radius 2 is 1.84 bits per heavy atom. The van der Waals surface area contributed by atoms with E-state index in [2.05, 4.69) is 60.2 Å². The molecule has 1 aromatic carbocycles. The molecule has 0 spiro atoms. The Morgan fingerprint density at radius 1 is 1.08 bits per heavy atom. The maximum absolute atomic E-state index is 4.93. The van der Waals surface area contributed by atoms with Gasteiger partial charge in [-0.15, -0.1) is 0 Å². The van der Waals surface area contributed by atoms with Crippen molar-refractivity contribution in [2.75, 3.05) is 19.6 Å². The van der Waals surface area contributed by atoms with Gasteiger partial charge in [0.1, 0.15) is 0 Å². The normalized spacial score (nSPS) is 16.9. The lowest BCUT2D eigenvalue weighted by Gasteiger charge is -2.24. The number of nitrogens with zero attached hydrogens (tertiary/aromatic N) is 3. The maximum atomic E-state index is 4.93. The van der Waals surface area contributed by atoms with Crippen LogP contribution in [-0.2, 0) is 12.0 Å². The van der Waals surface area contributed by atoms with E-state index in [0.717, 1.165) is 17.8 Å². The van der Waals surface area contributed by atoms with Gasteiger partial charge in [-0.3, -0.25) is 4.40 Å². The molecular weight excluding hydrogens is 308 g/mol. The third kappa shape index (κ3) is 3.20. The maximum Gasteiger partial charge on any atom is 0.215 e. The fourth-order valence-electron chi connectivity index (χ4n) is 4.26. The van der Waals surface area contributed by atoms with Crippen molar-refractivity contribution in [1.82, 2.24) is 14.0 Å². The summed E-state index contributed by atoms with van der Waals surface area (Å²) in [6.45, 7) is 12.0. The Kier molecular flexibility index (Phi) is 4.32. The Bertz CT molecular complexity index is 859. The van der Waals surface area contributed by atoms with Crippen molar-refractivity contribution in [3.8, 4) is 0 Å². The number of aryl methyl sites for hydroxylation is 1. The molecule has 2 aromatic heterocycles. The average Bonchev–Trinajstić information content (AvgIpc) is 3.12. The van der Waals surface area contributed by atoms with E-state index < -0.39 is 0 Å². The van der Waals surface area contributed by atoms with Crippen LogP contribution in [0.25, 0.3) is 16.8 Å². The van der Waals surface area contributed by atoms with Crippen molar-refractivity contribution in [2.45, 2.75) is 58.4 Å². The topological polar surface area (TPSA) is 26.7 Å². The summed E-state index contributed by atoms with van der Waals surface area (Å²) in [6.07, 6.45) is 7.77. The second kappa shape index (κ2) is 6.49. The molecule has 0 amide bonds. The first-order chi connectivity index (χ1) is 12.0. The van der Waals surface area contributed by atoms with Crippen molar-refractivity contribution >= 4 is 16.8 Å². The molecule has 0 atom stereocenters.